The van der Waals surface area contributed by atoms with Gasteiger partial charge in [-0.2, -0.15) is 11.8 Å². The van der Waals surface area contributed by atoms with Gasteiger partial charge in [0.15, 0.2) is 12.2 Å². The van der Waals surface area contributed by atoms with Gasteiger partial charge in [0.2, 0.25) is 0 Å². The van der Waals surface area contributed by atoms with Crippen molar-refractivity contribution >= 4 is 23.6 Å². The third-order valence-electron chi connectivity index (χ3n) is 4.03. The van der Waals surface area contributed by atoms with E-state index in [-0.39, 0.29) is 0 Å². The van der Waals surface area contributed by atoms with Crippen LogP contribution in [0.15, 0.2) is 0 Å². The van der Waals surface area contributed by atoms with Crippen molar-refractivity contribution in [3.05, 3.63) is 0 Å². The molecular formula is C14H24N2O4S. The maximum Gasteiger partial charge on any atom is 0.254 e. The van der Waals surface area contributed by atoms with E-state index in [0.29, 0.717) is 24.9 Å². The topological polar surface area (TPSA) is 89.9 Å². The minimum Gasteiger partial charge on any atom is -0.380 e. The molecule has 0 aliphatic carbocycles. The molecule has 3 atom stereocenters. The van der Waals surface area contributed by atoms with Crippen molar-refractivity contribution in [2.75, 3.05) is 25.4 Å². The lowest BCUT2D eigenvalue weighted by molar-refractivity contribution is -0.152. The lowest BCUT2D eigenvalue weighted by atomic mass is 10.1. The van der Waals surface area contributed by atoms with E-state index >= 15 is 0 Å². The number of hydrogen-bond acceptors (Lipinski definition) is 5. The number of thioether (sulfide) groups is 1. The minimum absolute atomic E-state index is 0.470. The van der Waals surface area contributed by atoms with Crippen molar-refractivity contribution < 1.29 is 19.8 Å². The molecule has 21 heavy (non-hydrogen) atoms. The van der Waals surface area contributed by atoms with Gasteiger partial charge in [0.25, 0.3) is 11.8 Å². The van der Waals surface area contributed by atoms with Crippen molar-refractivity contribution in [2.24, 2.45) is 0 Å². The molecular weight excluding hydrogens is 292 g/mol. The molecule has 0 saturated carbocycles. The number of amides is 2. The molecule has 0 spiro atoms. The number of nitrogens with one attached hydrogen (secondary N) is 1. The van der Waals surface area contributed by atoms with Crippen molar-refractivity contribution in [1.82, 2.24) is 10.2 Å². The highest BCUT2D eigenvalue weighted by molar-refractivity contribution is 8.00. The fraction of sp³-hybridized carbons (Fsp3) is 0.857. The molecule has 2 amide bonds. The van der Waals surface area contributed by atoms with Crippen molar-refractivity contribution in [3.8, 4) is 0 Å². The Hall–Kier alpha value is -0.790. The van der Waals surface area contributed by atoms with Crippen molar-refractivity contribution in [3.63, 3.8) is 0 Å². The normalized spacial score (nSPS) is 24.9. The molecule has 0 bridgehead atoms. The van der Waals surface area contributed by atoms with E-state index in [1.54, 1.807) is 0 Å². The average molecular weight is 316 g/mol. The molecule has 0 radical (unpaired) electrons. The SMILES string of the molecule is O=C(NCCC1CCCS1)[C@H](O)[C@@H](O)C(=O)N1CCCC1. The van der Waals surface area contributed by atoms with Gasteiger partial charge < -0.3 is 20.4 Å². The van der Waals surface area contributed by atoms with Gasteiger partial charge in [0, 0.05) is 24.9 Å². The quantitative estimate of drug-likeness (QED) is 0.628. The number of aliphatic hydroxyl groups is 2. The van der Waals surface area contributed by atoms with Gasteiger partial charge in [-0.3, -0.25) is 9.59 Å². The monoisotopic (exact) mass is 316 g/mol. The molecule has 2 aliphatic rings. The Bertz CT molecular complexity index is 368. The van der Waals surface area contributed by atoms with Crippen molar-refractivity contribution in [1.29, 1.82) is 0 Å². The Kier molecular flexibility index (Phi) is 6.32. The van der Waals surface area contributed by atoms with Gasteiger partial charge in [-0.25, -0.2) is 0 Å². The smallest absolute Gasteiger partial charge is 0.254 e. The molecule has 120 valence electrons. The van der Waals surface area contributed by atoms with Crippen LogP contribution in [0.5, 0.6) is 0 Å². The van der Waals surface area contributed by atoms with Crippen LogP contribution in [0.3, 0.4) is 0 Å². The summed E-state index contributed by atoms with van der Waals surface area (Å²) in [5, 5.41) is 22.8. The van der Waals surface area contributed by atoms with Crippen LogP contribution in [0.4, 0.5) is 0 Å². The first-order valence-corrected chi connectivity index (χ1v) is 8.68. The number of nitrogens with zero attached hydrogens (tertiary/aromatic N) is 1. The Morgan fingerprint density at radius 2 is 1.90 bits per heavy atom. The molecule has 0 aromatic rings. The first kappa shape index (κ1) is 16.6. The second-order valence-corrected chi connectivity index (χ2v) is 7.05. The van der Waals surface area contributed by atoms with Crippen LogP contribution in [-0.2, 0) is 9.59 Å². The fourth-order valence-electron chi connectivity index (χ4n) is 2.74. The first-order chi connectivity index (χ1) is 10.1. The third-order valence-corrected chi connectivity index (χ3v) is 5.50. The molecule has 6 nitrogen and oxygen atoms in total. The van der Waals surface area contributed by atoms with Gasteiger partial charge in [0.1, 0.15) is 0 Å². The number of carbonyl (C=O) groups is 2. The summed E-state index contributed by atoms with van der Waals surface area (Å²) < 4.78 is 0. The number of rotatable bonds is 6. The van der Waals surface area contributed by atoms with Gasteiger partial charge in [-0.15, -0.1) is 0 Å². The Balaban J connectivity index is 1.71. The zero-order valence-electron chi connectivity index (χ0n) is 12.2. The van der Waals surface area contributed by atoms with E-state index < -0.39 is 24.0 Å². The second kappa shape index (κ2) is 8.00. The molecule has 2 rings (SSSR count). The Morgan fingerprint density at radius 1 is 1.19 bits per heavy atom. The first-order valence-electron chi connectivity index (χ1n) is 7.64. The summed E-state index contributed by atoms with van der Waals surface area (Å²) in [5.74, 6) is -0.0517. The lowest BCUT2D eigenvalue weighted by Crippen LogP contribution is -2.50. The predicted molar refractivity (Wildman–Crippen MR) is 80.9 cm³/mol. The maximum atomic E-state index is 11.9. The third kappa shape index (κ3) is 4.59. The molecule has 0 aromatic heterocycles. The zero-order valence-corrected chi connectivity index (χ0v) is 13.0. The van der Waals surface area contributed by atoms with Crippen LogP contribution in [0.2, 0.25) is 0 Å². The Morgan fingerprint density at radius 3 is 2.52 bits per heavy atom. The molecule has 1 unspecified atom stereocenters. The molecule has 7 heteroatoms. The van der Waals surface area contributed by atoms with E-state index in [1.165, 1.54) is 23.5 Å². The molecule has 2 heterocycles. The van der Waals surface area contributed by atoms with Crippen LogP contribution in [0.25, 0.3) is 0 Å². The predicted octanol–water partition coefficient (Wildman–Crippen LogP) is -0.267. The van der Waals surface area contributed by atoms with E-state index in [9.17, 15) is 19.8 Å². The number of aliphatic hydroxyl groups excluding tert-OH is 2. The summed E-state index contributed by atoms with van der Waals surface area (Å²) in [5.41, 5.74) is 0. The molecule has 3 N–H and O–H groups in total. The van der Waals surface area contributed by atoms with E-state index in [2.05, 4.69) is 5.32 Å². The molecule has 2 saturated heterocycles. The number of carbonyl (C=O) groups excluding carboxylic acids is 2. The zero-order chi connectivity index (χ0) is 15.2. The van der Waals surface area contributed by atoms with Gasteiger partial charge >= 0.3 is 0 Å². The molecule has 2 fully saturated rings. The van der Waals surface area contributed by atoms with E-state index in [1.807, 2.05) is 11.8 Å². The number of likely N-dealkylation sites (tertiary alicyclic amines) is 1. The van der Waals surface area contributed by atoms with Crippen molar-refractivity contribution in [2.45, 2.75) is 49.6 Å². The standard InChI is InChI=1S/C14H24N2O4S/c17-11(12(18)14(20)16-7-1-2-8-16)13(19)15-6-5-10-4-3-9-21-10/h10-12,17-18H,1-9H2,(H,15,19)/t10?,11-,12-/m1/s1. The molecule has 0 aromatic carbocycles. The minimum atomic E-state index is -1.69. The van der Waals surface area contributed by atoms with E-state index in [0.717, 1.165) is 19.3 Å². The lowest BCUT2D eigenvalue weighted by Gasteiger charge is -2.22. The Labute approximate surface area is 129 Å². The van der Waals surface area contributed by atoms with Crippen LogP contribution >= 0.6 is 11.8 Å². The average Bonchev–Trinajstić information content (AvgIpc) is 3.17. The largest absolute Gasteiger partial charge is 0.380 e. The van der Waals surface area contributed by atoms with Crippen LogP contribution in [0, 0.1) is 0 Å². The summed E-state index contributed by atoms with van der Waals surface area (Å²) in [6.07, 6.45) is 1.70. The molecule has 2 aliphatic heterocycles. The van der Waals surface area contributed by atoms with E-state index in [4.69, 9.17) is 0 Å². The number of hydrogen-bond donors (Lipinski definition) is 3. The highest BCUT2D eigenvalue weighted by atomic mass is 32.2. The van der Waals surface area contributed by atoms with Gasteiger partial charge in [-0.1, -0.05) is 0 Å². The summed E-state index contributed by atoms with van der Waals surface area (Å²) >= 11 is 1.91. The summed E-state index contributed by atoms with van der Waals surface area (Å²) in [6, 6.07) is 0. The maximum absolute atomic E-state index is 11.9. The van der Waals surface area contributed by atoms with Gasteiger partial charge in [0.05, 0.1) is 0 Å². The van der Waals surface area contributed by atoms with Crippen LogP contribution in [-0.4, -0.2) is 69.8 Å². The summed E-state index contributed by atoms with van der Waals surface area (Å²) in [6.45, 7) is 1.64. The summed E-state index contributed by atoms with van der Waals surface area (Å²) in [4.78, 5) is 25.2. The van der Waals surface area contributed by atoms with Crippen LogP contribution < -0.4 is 5.32 Å². The fourth-order valence-corrected chi connectivity index (χ4v) is 4.02. The highest BCUT2D eigenvalue weighted by Gasteiger charge is 2.34. The second-order valence-electron chi connectivity index (χ2n) is 5.64. The highest BCUT2D eigenvalue weighted by Crippen LogP contribution is 2.28. The van der Waals surface area contributed by atoms with Gasteiger partial charge in [-0.05, 0) is 37.9 Å². The van der Waals surface area contributed by atoms with Crippen LogP contribution in [0.1, 0.15) is 32.1 Å². The summed E-state index contributed by atoms with van der Waals surface area (Å²) in [7, 11) is 0.